The summed E-state index contributed by atoms with van der Waals surface area (Å²) in [5.41, 5.74) is -1.70. The van der Waals surface area contributed by atoms with Gasteiger partial charge in [-0.2, -0.15) is 0 Å². The Balaban J connectivity index is 1.93. The maximum atomic E-state index is 12.8. The summed E-state index contributed by atoms with van der Waals surface area (Å²) in [6.45, 7) is 6.57. The minimum absolute atomic E-state index is 0.0206. The van der Waals surface area contributed by atoms with Crippen LogP contribution in [0.5, 0.6) is 0 Å². The summed E-state index contributed by atoms with van der Waals surface area (Å²) in [4.78, 5) is 59.6. The number of fused-ring (bicyclic) bond motifs is 1. The van der Waals surface area contributed by atoms with Crippen molar-refractivity contribution < 1.29 is 77.2 Å². The van der Waals surface area contributed by atoms with E-state index in [1.807, 2.05) is 0 Å². The van der Waals surface area contributed by atoms with Crippen molar-refractivity contribution in [2.24, 2.45) is 17.8 Å². The Labute approximate surface area is 259 Å². The molecule has 0 aromatic rings. The molecule has 0 radical (unpaired) electrons. The summed E-state index contributed by atoms with van der Waals surface area (Å²) in [7, 11) is 0. The van der Waals surface area contributed by atoms with Gasteiger partial charge in [-0.1, -0.05) is 13.8 Å². The number of rotatable bonds is 12. The first kappa shape index (κ1) is 36.2. The van der Waals surface area contributed by atoms with Crippen molar-refractivity contribution in [2.75, 3.05) is 19.8 Å². The zero-order valence-electron chi connectivity index (χ0n) is 26.0. The normalized spacial score (nSPS) is 34.7. The van der Waals surface area contributed by atoms with Crippen molar-refractivity contribution in [3.8, 4) is 0 Å². The molecule has 254 valence electrons. The molecule has 3 N–H and O–H groups in total. The van der Waals surface area contributed by atoms with E-state index in [1.165, 1.54) is 6.26 Å². The first-order valence-electron chi connectivity index (χ1n) is 14.6. The van der Waals surface area contributed by atoms with Gasteiger partial charge in [0.05, 0.1) is 24.7 Å². The molecule has 1 aliphatic carbocycles. The molecule has 2 heterocycles. The second kappa shape index (κ2) is 15.3. The van der Waals surface area contributed by atoms with Crippen LogP contribution >= 0.6 is 0 Å². The van der Waals surface area contributed by atoms with E-state index in [9.17, 15) is 39.3 Å². The van der Waals surface area contributed by atoms with E-state index in [0.717, 1.165) is 27.7 Å². The van der Waals surface area contributed by atoms with Crippen LogP contribution in [-0.4, -0.2) is 114 Å². The lowest BCUT2D eigenvalue weighted by molar-refractivity contribution is -0.303. The Morgan fingerprint density at radius 2 is 1.58 bits per heavy atom. The van der Waals surface area contributed by atoms with Gasteiger partial charge >= 0.3 is 29.8 Å². The summed E-state index contributed by atoms with van der Waals surface area (Å²) in [5.74, 6) is -5.86. The molecule has 0 aromatic carbocycles. The molecule has 16 heteroatoms. The van der Waals surface area contributed by atoms with Crippen LogP contribution in [0.4, 0.5) is 0 Å². The molecule has 1 saturated carbocycles. The highest BCUT2D eigenvalue weighted by molar-refractivity contribution is 5.72. The topological polar surface area (TPSA) is 220 Å². The van der Waals surface area contributed by atoms with Crippen LogP contribution in [0.1, 0.15) is 54.4 Å². The number of ether oxygens (including phenoxy) is 8. The van der Waals surface area contributed by atoms with Gasteiger partial charge in [0.2, 0.25) is 6.29 Å². The maximum absolute atomic E-state index is 12.8. The molecular formula is C29H42O16. The van der Waals surface area contributed by atoms with Gasteiger partial charge in [-0.05, 0) is 18.4 Å². The van der Waals surface area contributed by atoms with Gasteiger partial charge in [0.1, 0.15) is 43.2 Å². The van der Waals surface area contributed by atoms with E-state index in [4.69, 9.17) is 37.9 Å². The Hall–Kier alpha value is -3.31. The van der Waals surface area contributed by atoms with Crippen LogP contribution in [0.15, 0.2) is 11.8 Å². The van der Waals surface area contributed by atoms with Crippen LogP contribution in [0.25, 0.3) is 0 Å². The fourth-order valence-electron chi connectivity index (χ4n) is 5.55. The third-order valence-corrected chi connectivity index (χ3v) is 8.03. The van der Waals surface area contributed by atoms with Crippen LogP contribution in [-0.2, 0) is 61.9 Å². The van der Waals surface area contributed by atoms with Crippen LogP contribution in [0, 0.1) is 17.8 Å². The smallest absolute Gasteiger partial charge is 0.311 e. The predicted molar refractivity (Wildman–Crippen MR) is 146 cm³/mol. The fraction of sp³-hybridized carbons (Fsp3) is 0.759. The first-order valence-corrected chi connectivity index (χ1v) is 14.6. The predicted octanol–water partition coefficient (Wildman–Crippen LogP) is -0.364. The monoisotopic (exact) mass is 646 g/mol. The summed E-state index contributed by atoms with van der Waals surface area (Å²) in [6.07, 6.45) is -8.39. The van der Waals surface area contributed by atoms with Gasteiger partial charge in [-0.15, -0.1) is 0 Å². The highest BCUT2D eigenvalue weighted by Gasteiger charge is 2.63. The number of hydrogen-bond acceptors (Lipinski definition) is 16. The molecule has 1 saturated heterocycles. The van der Waals surface area contributed by atoms with Gasteiger partial charge in [0.25, 0.3) is 0 Å². The Bertz CT molecular complexity index is 1140. The highest BCUT2D eigenvalue weighted by Crippen LogP contribution is 2.51. The average Bonchev–Trinajstić information content (AvgIpc) is 3.25. The molecule has 0 bridgehead atoms. The molecule has 2 fully saturated rings. The van der Waals surface area contributed by atoms with Gasteiger partial charge in [0.15, 0.2) is 12.4 Å². The highest BCUT2D eigenvalue weighted by atomic mass is 16.7. The third kappa shape index (κ3) is 8.70. The largest absolute Gasteiger partial charge is 0.463 e. The van der Waals surface area contributed by atoms with Gasteiger partial charge in [-0.3, -0.25) is 24.0 Å². The van der Waals surface area contributed by atoms with E-state index in [1.54, 1.807) is 13.8 Å². The van der Waals surface area contributed by atoms with Gasteiger partial charge in [-0.25, -0.2) is 0 Å². The van der Waals surface area contributed by atoms with E-state index in [-0.39, 0.29) is 13.0 Å². The van der Waals surface area contributed by atoms with E-state index < -0.39 is 110 Å². The zero-order valence-corrected chi connectivity index (χ0v) is 26.0. The molecule has 0 spiro atoms. The number of carbonyl (C=O) groups excluding carboxylic acids is 5. The van der Waals surface area contributed by atoms with Crippen molar-refractivity contribution in [3.05, 3.63) is 11.8 Å². The minimum atomic E-state index is -2.06. The Morgan fingerprint density at radius 1 is 0.933 bits per heavy atom. The molecule has 3 rings (SSSR count). The van der Waals surface area contributed by atoms with E-state index in [2.05, 4.69) is 0 Å². The Morgan fingerprint density at radius 3 is 2.16 bits per heavy atom. The maximum Gasteiger partial charge on any atom is 0.311 e. The van der Waals surface area contributed by atoms with Crippen molar-refractivity contribution in [1.82, 2.24) is 0 Å². The van der Waals surface area contributed by atoms with Crippen LogP contribution in [0.3, 0.4) is 0 Å². The summed E-state index contributed by atoms with van der Waals surface area (Å²) >= 11 is 0. The molecule has 4 unspecified atom stereocenters. The fourth-order valence-corrected chi connectivity index (χ4v) is 5.55. The first-order chi connectivity index (χ1) is 21.1. The second-order valence-electron chi connectivity index (χ2n) is 11.4. The lowest BCUT2D eigenvalue weighted by Gasteiger charge is -2.42. The summed E-state index contributed by atoms with van der Waals surface area (Å²) < 4.78 is 43.7. The molecule has 0 aromatic heterocycles. The van der Waals surface area contributed by atoms with Crippen molar-refractivity contribution >= 4 is 29.8 Å². The molecule has 45 heavy (non-hydrogen) atoms. The van der Waals surface area contributed by atoms with Crippen LogP contribution < -0.4 is 0 Å². The van der Waals surface area contributed by atoms with E-state index in [0.29, 0.717) is 12.0 Å². The lowest BCUT2D eigenvalue weighted by atomic mass is 9.80. The standard InChI is InChI=1S/C29H42O16/c1-7-13(2)26(36)45-27-22-19(8-21(42-16(5)32)29(22,37)12-41-15(4)31)18(9-39-27)10-40-28-25(43-17(6)33)24(35)23(34)20(44-28)11-38-14(3)30/h9,13,19-25,27-28,34-35,37H,7-8,10-12H2,1-6H3/t13?,19?,20-,21+,22?,23-,24+,25-,27?,28-,29-/m1/s1. The summed E-state index contributed by atoms with van der Waals surface area (Å²) in [5, 5.41) is 33.1. The quantitative estimate of drug-likeness (QED) is 0.182. The van der Waals surface area contributed by atoms with Crippen molar-refractivity contribution in [2.45, 2.75) is 103 Å². The molecular weight excluding hydrogens is 604 g/mol. The summed E-state index contributed by atoms with van der Waals surface area (Å²) in [6, 6.07) is 0. The number of aliphatic hydroxyl groups is 3. The SMILES string of the molecule is CCC(C)C(=O)OC1OC=C(CO[C@@H]2O[C@H](COC(C)=O)[C@@H](O)[C@H](O)[C@H]2OC(C)=O)C2C[C@H](OC(C)=O)[C@](O)(COC(C)=O)C12. The zero-order chi connectivity index (χ0) is 33.6. The molecule has 3 aliphatic rings. The van der Waals surface area contributed by atoms with Crippen molar-refractivity contribution in [1.29, 1.82) is 0 Å². The van der Waals surface area contributed by atoms with Crippen LogP contribution in [0.2, 0.25) is 0 Å². The molecule has 16 nitrogen and oxygen atoms in total. The molecule has 0 amide bonds. The van der Waals surface area contributed by atoms with Crippen molar-refractivity contribution in [3.63, 3.8) is 0 Å². The number of aliphatic hydroxyl groups excluding tert-OH is 2. The average molecular weight is 647 g/mol. The Kier molecular flexibility index (Phi) is 12.3. The number of esters is 5. The lowest BCUT2D eigenvalue weighted by Crippen LogP contribution is -2.60. The third-order valence-electron chi connectivity index (χ3n) is 8.03. The number of carbonyl (C=O) groups is 5. The number of hydrogen-bond donors (Lipinski definition) is 3. The molecule has 11 atom stereocenters. The molecule has 2 aliphatic heterocycles. The minimum Gasteiger partial charge on any atom is -0.463 e. The van der Waals surface area contributed by atoms with Gasteiger partial charge in [0, 0.05) is 33.6 Å². The van der Waals surface area contributed by atoms with E-state index >= 15 is 0 Å². The van der Waals surface area contributed by atoms with Gasteiger partial charge < -0.3 is 53.2 Å². The second-order valence-corrected chi connectivity index (χ2v) is 11.4.